The summed E-state index contributed by atoms with van der Waals surface area (Å²) in [7, 11) is 0. The van der Waals surface area contributed by atoms with E-state index < -0.39 is 5.97 Å². The van der Waals surface area contributed by atoms with Gasteiger partial charge in [0.05, 0.1) is 12.5 Å². The maximum Gasteiger partial charge on any atom is 0.307 e. The lowest BCUT2D eigenvalue weighted by Crippen LogP contribution is -2.10. The Morgan fingerprint density at radius 2 is 1.89 bits per heavy atom. The smallest absolute Gasteiger partial charge is 0.307 e. The zero-order valence-corrected chi connectivity index (χ0v) is 11.8. The van der Waals surface area contributed by atoms with E-state index in [1.165, 1.54) is 0 Å². The standard InChI is InChI=1S/C15H22O3/c1-9(2)13-7-12(8-15(16)17)11(5)6-14(13)18-10(3)4/h6-7,9-10H,8H2,1-5H3,(H,16,17). The highest BCUT2D eigenvalue weighted by Gasteiger charge is 2.14. The summed E-state index contributed by atoms with van der Waals surface area (Å²) >= 11 is 0. The Hall–Kier alpha value is -1.51. The molecule has 100 valence electrons. The first-order chi connectivity index (χ1) is 8.31. The lowest BCUT2D eigenvalue weighted by Gasteiger charge is -2.19. The molecule has 0 aliphatic heterocycles. The lowest BCUT2D eigenvalue weighted by atomic mass is 9.95. The molecule has 0 bridgehead atoms. The van der Waals surface area contributed by atoms with E-state index in [0.29, 0.717) is 5.92 Å². The van der Waals surface area contributed by atoms with Gasteiger partial charge in [-0.1, -0.05) is 19.9 Å². The highest BCUT2D eigenvalue weighted by atomic mass is 16.5. The van der Waals surface area contributed by atoms with Crippen LogP contribution in [0.4, 0.5) is 0 Å². The highest BCUT2D eigenvalue weighted by molar-refractivity contribution is 5.71. The normalized spacial score (nSPS) is 11.1. The minimum atomic E-state index is -0.801. The summed E-state index contributed by atoms with van der Waals surface area (Å²) < 4.78 is 5.80. The van der Waals surface area contributed by atoms with Gasteiger partial charge in [-0.05, 0) is 49.4 Å². The molecule has 1 rings (SSSR count). The molecule has 0 amide bonds. The predicted molar refractivity (Wildman–Crippen MR) is 72.4 cm³/mol. The van der Waals surface area contributed by atoms with Gasteiger partial charge in [0.25, 0.3) is 0 Å². The van der Waals surface area contributed by atoms with Crippen LogP contribution in [0.2, 0.25) is 0 Å². The van der Waals surface area contributed by atoms with Crippen molar-refractivity contribution in [1.82, 2.24) is 0 Å². The number of carboxylic acid groups (broad SMARTS) is 1. The first kappa shape index (κ1) is 14.6. The number of benzene rings is 1. The maximum absolute atomic E-state index is 10.8. The Kier molecular flexibility index (Phi) is 4.76. The molecule has 0 spiro atoms. The fourth-order valence-corrected chi connectivity index (χ4v) is 1.91. The minimum Gasteiger partial charge on any atom is -0.491 e. The van der Waals surface area contributed by atoms with E-state index in [0.717, 1.165) is 22.4 Å². The summed E-state index contributed by atoms with van der Waals surface area (Å²) in [5.74, 6) is 0.379. The number of aliphatic carboxylic acids is 1. The molecule has 0 radical (unpaired) electrons. The molecule has 0 aliphatic carbocycles. The quantitative estimate of drug-likeness (QED) is 0.869. The van der Waals surface area contributed by atoms with E-state index >= 15 is 0 Å². The van der Waals surface area contributed by atoms with Crippen LogP contribution in [0.3, 0.4) is 0 Å². The SMILES string of the molecule is Cc1cc(OC(C)C)c(C(C)C)cc1CC(=O)O. The Balaban J connectivity index is 3.20. The molecule has 0 aromatic heterocycles. The van der Waals surface area contributed by atoms with Gasteiger partial charge in [-0.15, -0.1) is 0 Å². The molecule has 1 aromatic carbocycles. The van der Waals surface area contributed by atoms with Crippen molar-refractivity contribution in [3.8, 4) is 5.75 Å². The van der Waals surface area contributed by atoms with Crippen LogP contribution in [0.25, 0.3) is 0 Å². The molecule has 3 heteroatoms. The van der Waals surface area contributed by atoms with Crippen LogP contribution in [0.5, 0.6) is 5.75 Å². The molecule has 3 nitrogen and oxygen atoms in total. The van der Waals surface area contributed by atoms with Crippen LogP contribution in [-0.4, -0.2) is 17.2 Å². The maximum atomic E-state index is 10.8. The fourth-order valence-electron chi connectivity index (χ4n) is 1.91. The lowest BCUT2D eigenvalue weighted by molar-refractivity contribution is -0.136. The number of rotatable bonds is 5. The predicted octanol–water partition coefficient (Wildman–Crippen LogP) is 3.53. The molecule has 0 atom stereocenters. The summed E-state index contributed by atoms with van der Waals surface area (Å²) in [4.78, 5) is 10.8. The van der Waals surface area contributed by atoms with Gasteiger partial charge in [0.2, 0.25) is 0 Å². The molecule has 0 heterocycles. The second kappa shape index (κ2) is 5.89. The third kappa shape index (κ3) is 3.76. The van der Waals surface area contributed by atoms with Crippen molar-refractivity contribution in [2.75, 3.05) is 0 Å². The van der Waals surface area contributed by atoms with Crippen molar-refractivity contribution in [2.45, 2.75) is 53.1 Å². The highest BCUT2D eigenvalue weighted by Crippen LogP contribution is 2.30. The monoisotopic (exact) mass is 250 g/mol. The molecule has 1 aromatic rings. The Morgan fingerprint density at radius 1 is 1.28 bits per heavy atom. The van der Waals surface area contributed by atoms with Crippen LogP contribution < -0.4 is 4.74 Å². The van der Waals surface area contributed by atoms with Gasteiger partial charge in [-0.2, -0.15) is 0 Å². The summed E-state index contributed by atoms with van der Waals surface area (Å²) in [5.41, 5.74) is 2.91. The second-order valence-electron chi connectivity index (χ2n) is 5.21. The third-order valence-electron chi connectivity index (χ3n) is 2.79. The fraction of sp³-hybridized carbons (Fsp3) is 0.533. The van der Waals surface area contributed by atoms with Crippen molar-refractivity contribution in [1.29, 1.82) is 0 Å². The largest absolute Gasteiger partial charge is 0.491 e. The number of aryl methyl sites for hydroxylation is 1. The van der Waals surface area contributed by atoms with Gasteiger partial charge < -0.3 is 9.84 Å². The number of hydrogen-bond acceptors (Lipinski definition) is 2. The molecular formula is C15H22O3. The molecule has 0 aliphatic rings. The first-order valence-electron chi connectivity index (χ1n) is 6.33. The summed E-state index contributed by atoms with van der Waals surface area (Å²) in [6, 6.07) is 3.92. The van der Waals surface area contributed by atoms with E-state index in [1.807, 2.05) is 32.9 Å². The average Bonchev–Trinajstić information content (AvgIpc) is 2.19. The zero-order valence-electron chi connectivity index (χ0n) is 11.8. The number of carbonyl (C=O) groups is 1. The van der Waals surface area contributed by atoms with Gasteiger partial charge in [-0.25, -0.2) is 0 Å². The Labute approximate surface area is 109 Å². The third-order valence-corrected chi connectivity index (χ3v) is 2.79. The van der Waals surface area contributed by atoms with E-state index in [2.05, 4.69) is 13.8 Å². The molecule has 0 saturated heterocycles. The number of ether oxygens (including phenoxy) is 1. The molecule has 0 fully saturated rings. The van der Waals surface area contributed by atoms with Crippen LogP contribution in [0.1, 0.15) is 50.3 Å². The number of carboxylic acids is 1. The van der Waals surface area contributed by atoms with Crippen LogP contribution in [0.15, 0.2) is 12.1 Å². The molecular weight excluding hydrogens is 228 g/mol. The summed E-state index contributed by atoms with van der Waals surface area (Å²) in [6.45, 7) is 10.1. The summed E-state index contributed by atoms with van der Waals surface area (Å²) in [5, 5.41) is 8.90. The summed E-state index contributed by atoms with van der Waals surface area (Å²) in [6.07, 6.45) is 0.181. The van der Waals surface area contributed by atoms with Gasteiger partial charge in [-0.3, -0.25) is 4.79 Å². The van der Waals surface area contributed by atoms with Crippen molar-refractivity contribution in [3.63, 3.8) is 0 Å². The molecule has 18 heavy (non-hydrogen) atoms. The molecule has 1 N–H and O–H groups in total. The average molecular weight is 250 g/mol. The van der Waals surface area contributed by atoms with Crippen LogP contribution >= 0.6 is 0 Å². The van der Waals surface area contributed by atoms with Gasteiger partial charge in [0.15, 0.2) is 0 Å². The van der Waals surface area contributed by atoms with E-state index in [9.17, 15) is 4.79 Å². The van der Waals surface area contributed by atoms with E-state index in [1.54, 1.807) is 0 Å². The molecule has 0 unspecified atom stereocenters. The zero-order chi connectivity index (χ0) is 13.9. The minimum absolute atomic E-state index is 0.0630. The number of hydrogen-bond donors (Lipinski definition) is 1. The van der Waals surface area contributed by atoms with Crippen LogP contribution in [0, 0.1) is 6.92 Å². The van der Waals surface area contributed by atoms with Gasteiger partial charge in [0.1, 0.15) is 5.75 Å². The van der Waals surface area contributed by atoms with Crippen molar-refractivity contribution in [3.05, 3.63) is 28.8 Å². The van der Waals surface area contributed by atoms with E-state index in [-0.39, 0.29) is 12.5 Å². The Morgan fingerprint density at radius 3 is 2.33 bits per heavy atom. The van der Waals surface area contributed by atoms with Gasteiger partial charge in [0, 0.05) is 0 Å². The van der Waals surface area contributed by atoms with E-state index in [4.69, 9.17) is 9.84 Å². The topological polar surface area (TPSA) is 46.5 Å². The van der Waals surface area contributed by atoms with Crippen molar-refractivity contribution < 1.29 is 14.6 Å². The van der Waals surface area contributed by atoms with Crippen molar-refractivity contribution >= 4 is 5.97 Å². The van der Waals surface area contributed by atoms with Gasteiger partial charge >= 0.3 is 5.97 Å². The molecule has 0 saturated carbocycles. The van der Waals surface area contributed by atoms with Crippen LogP contribution in [-0.2, 0) is 11.2 Å². The second-order valence-corrected chi connectivity index (χ2v) is 5.21. The van der Waals surface area contributed by atoms with Crippen molar-refractivity contribution in [2.24, 2.45) is 0 Å². The Bertz CT molecular complexity index is 434. The first-order valence-corrected chi connectivity index (χ1v) is 6.33.